The minimum atomic E-state index is -5.44. The van der Waals surface area contributed by atoms with Crippen LogP contribution in [0.5, 0.6) is 5.75 Å². The summed E-state index contributed by atoms with van der Waals surface area (Å²) >= 11 is 0. The van der Waals surface area contributed by atoms with Gasteiger partial charge in [-0.3, -0.25) is 4.90 Å². The van der Waals surface area contributed by atoms with Gasteiger partial charge in [0, 0.05) is 43.2 Å². The molecule has 3 aromatic rings. The Bertz CT molecular complexity index is 1410. The maximum absolute atomic E-state index is 13.8. The van der Waals surface area contributed by atoms with Crippen LogP contribution in [0.1, 0.15) is 18.1 Å². The van der Waals surface area contributed by atoms with E-state index in [0.717, 1.165) is 13.1 Å². The van der Waals surface area contributed by atoms with Crippen molar-refractivity contribution in [1.29, 1.82) is 0 Å². The van der Waals surface area contributed by atoms with E-state index >= 15 is 0 Å². The molecule has 4 rings (SSSR count). The number of ether oxygens (including phenoxy) is 1. The Balaban J connectivity index is 1.84. The molecule has 13 heteroatoms. The minimum absolute atomic E-state index is 0.0346. The summed E-state index contributed by atoms with van der Waals surface area (Å²) in [5.41, 5.74) is 1.09. The van der Waals surface area contributed by atoms with E-state index in [9.17, 15) is 26.4 Å². The number of nitrogens with one attached hydrogen (secondary N) is 1. The summed E-state index contributed by atoms with van der Waals surface area (Å²) < 4.78 is 77.8. The molecule has 1 saturated heterocycles. The summed E-state index contributed by atoms with van der Waals surface area (Å²) in [4.78, 5) is 18.1. The first-order valence-electron chi connectivity index (χ1n) is 11.4. The second kappa shape index (κ2) is 10.2. The van der Waals surface area contributed by atoms with E-state index in [2.05, 4.69) is 15.1 Å². The molecule has 0 saturated carbocycles. The number of sulfonamides is 1. The molecule has 2 heterocycles. The molecule has 0 aliphatic carbocycles. The van der Waals surface area contributed by atoms with Gasteiger partial charge in [0.25, 0.3) is 10.0 Å². The SMILES string of the molecule is COc1ccc(C)cc1N(OC(=O)C(F)(F)F)S(=O)(=O)c1cc(CN2CCNCC2C)c2occc2c1. The first kappa shape index (κ1) is 26.8. The van der Waals surface area contributed by atoms with Crippen molar-refractivity contribution in [3.63, 3.8) is 0 Å². The number of hydrogen-bond acceptors (Lipinski definition) is 8. The number of nitrogens with zero attached hydrogens (tertiary/aromatic N) is 2. The molecule has 9 nitrogen and oxygen atoms in total. The van der Waals surface area contributed by atoms with Crippen LogP contribution in [0, 0.1) is 6.92 Å². The van der Waals surface area contributed by atoms with Gasteiger partial charge in [-0.1, -0.05) is 10.5 Å². The number of carbonyl (C=O) groups is 1. The van der Waals surface area contributed by atoms with Crippen LogP contribution in [0.15, 0.2) is 52.0 Å². The zero-order chi connectivity index (χ0) is 27.0. The lowest BCUT2D eigenvalue weighted by Gasteiger charge is -2.34. The fourth-order valence-electron chi connectivity index (χ4n) is 4.12. The number of benzene rings is 2. The lowest BCUT2D eigenvalue weighted by molar-refractivity contribution is -0.199. The van der Waals surface area contributed by atoms with Crippen LogP contribution in [-0.2, 0) is 26.2 Å². The second-order valence-corrected chi connectivity index (χ2v) is 10.5. The van der Waals surface area contributed by atoms with E-state index in [1.807, 2.05) is 6.92 Å². The minimum Gasteiger partial charge on any atom is -0.494 e. The first-order chi connectivity index (χ1) is 17.4. The first-order valence-corrected chi connectivity index (χ1v) is 12.8. The van der Waals surface area contributed by atoms with E-state index < -0.39 is 22.2 Å². The van der Waals surface area contributed by atoms with Crippen LogP contribution >= 0.6 is 0 Å². The number of anilines is 1. The Kier molecular flexibility index (Phi) is 7.40. The zero-order valence-electron chi connectivity index (χ0n) is 20.3. The van der Waals surface area contributed by atoms with Gasteiger partial charge < -0.3 is 19.3 Å². The Hall–Kier alpha value is -3.29. The van der Waals surface area contributed by atoms with E-state index in [1.165, 1.54) is 37.6 Å². The fraction of sp³-hybridized carbons (Fsp3) is 0.375. The monoisotopic (exact) mass is 541 g/mol. The van der Waals surface area contributed by atoms with Crippen molar-refractivity contribution in [3.8, 4) is 5.75 Å². The largest absolute Gasteiger partial charge is 0.494 e. The molecule has 1 aromatic heterocycles. The quantitative estimate of drug-likeness (QED) is 0.452. The molecule has 1 atom stereocenters. The van der Waals surface area contributed by atoms with Gasteiger partial charge in [-0.25, -0.2) is 4.79 Å². The molecule has 1 aliphatic heterocycles. The highest BCUT2D eigenvalue weighted by Gasteiger charge is 2.45. The second-order valence-electron chi connectivity index (χ2n) is 8.73. The third kappa shape index (κ3) is 5.53. The third-order valence-corrected chi connectivity index (χ3v) is 7.60. The van der Waals surface area contributed by atoms with Crippen LogP contribution in [-0.4, -0.2) is 58.2 Å². The standard InChI is InChI=1S/C24H26F3N3O6S/c1-15-4-5-21(34-3)20(10-15)30(36-23(31)24(25,26)27)37(32,33)19-11-17-6-9-35-22(17)18(12-19)14-29-8-7-28-13-16(29)2/h4-6,9-12,16,28H,7-8,13-14H2,1-3H3. The zero-order valence-corrected chi connectivity index (χ0v) is 21.1. The highest BCUT2D eigenvalue weighted by molar-refractivity contribution is 7.92. The van der Waals surface area contributed by atoms with E-state index in [0.29, 0.717) is 35.2 Å². The number of aryl methyl sites for hydroxylation is 1. The van der Waals surface area contributed by atoms with Gasteiger partial charge in [0.1, 0.15) is 17.0 Å². The Labute approximate surface area is 211 Å². The van der Waals surface area contributed by atoms with Gasteiger partial charge in [-0.05, 0) is 49.7 Å². The number of piperazine rings is 1. The molecular weight excluding hydrogens is 515 g/mol. The molecule has 37 heavy (non-hydrogen) atoms. The summed E-state index contributed by atoms with van der Waals surface area (Å²) in [5.74, 6) is -2.80. The Morgan fingerprint density at radius 3 is 2.68 bits per heavy atom. The normalized spacial score (nSPS) is 17.1. The van der Waals surface area contributed by atoms with Crippen molar-refractivity contribution in [2.45, 2.75) is 37.5 Å². The number of rotatable bonds is 7. The van der Waals surface area contributed by atoms with Gasteiger partial charge in [0.05, 0.1) is 18.3 Å². The van der Waals surface area contributed by atoms with Crippen molar-refractivity contribution in [3.05, 3.63) is 53.8 Å². The molecule has 1 aliphatic rings. The van der Waals surface area contributed by atoms with Gasteiger partial charge in [-0.15, -0.1) is 0 Å². The molecule has 200 valence electrons. The summed E-state index contributed by atoms with van der Waals surface area (Å²) in [6.07, 6.45) is -4.04. The molecular formula is C24H26F3N3O6S. The summed E-state index contributed by atoms with van der Waals surface area (Å²) in [6, 6.07) is 8.48. The maximum Gasteiger partial charge on any atom is 0.493 e. The van der Waals surface area contributed by atoms with Gasteiger partial charge in [0.2, 0.25) is 0 Å². The number of alkyl halides is 3. The van der Waals surface area contributed by atoms with Crippen LogP contribution in [0.2, 0.25) is 0 Å². The number of fused-ring (bicyclic) bond motifs is 1. The molecule has 1 unspecified atom stereocenters. The molecule has 1 fully saturated rings. The molecule has 1 N–H and O–H groups in total. The number of methoxy groups -OCH3 is 1. The smallest absolute Gasteiger partial charge is 0.493 e. The topological polar surface area (TPSA) is 101 Å². The number of furan rings is 1. The van der Waals surface area contributed by atoms with E-state index in [1.54, 1.807) is 19.1 Å². The average Bonchev–Trinajstić information content (AvgIpc) is 3.32. The van der Waals surface area contributed by atoms with Crippen molar-refractivity contribution in [2.24, 2.45) is 0 Å². The van der Waals surface area contributed by atoms with Crippen LogP contribution in [0.4, 0.5) is 18.9 Å². The van der Waals surface area contributed by atoms with Crippen LogP contribution in [0.3, 0.4) is 0 Å². The highest BCUT2D eigenvalue weighted by atomic mass is 32.2. The summed E-state index contributed by atoms with van der Waals surface area (Å²) in [7, 11) is -3.65. The lowest BCUT2D eigenvalue weighted by atomic mass is 10.1. The van der Waals surface area contributed by atoms with Crippen molar-refractivity contribution in [1.82, 2.24) is 10.2 Å². The Morgan fingerprint density at radius 1 is 1.24 bits per heavy atom. The molecule has 0 bridgehead atoms. The Morgan fingerprint density at radius 2 is 2.00 bits per heavy atom. The summed E-state index contributed by atoms with van der Waals surface area (Å²) in [6.45, 7) is 6.16. The number of hydrogen-bond donors (Lipinski definition) is 1. The van der Waals surface area contributed by atoms with E-state index in [-0.39, 0.29) is 26.8 Å². The molecule has 0 amide bonds. The summed E-state index contributed by atoms with van der Waals surface area (Å²) in [5, 5.41) is 3.70. The third-order valence-electron chi connectivity index (χ3n) is 6.06. The van der Waals surface area contributed by atoms with Gasteiger partial charge in [0.15, 0.2) is 0 Å². The predicted octanol–water partition coefficient (Wildman–Crippen LogP) is 3.76. The van der Waals surface area contributed by atoms with Crippen molar-refractivity contribution >= 4 is 32.6 Å². The molecule has 0 spiro atoms. The predicted molar refractivity (Wildman–Crippen MR) is 128 cm³/mol. The fourth-order valence-corrected chi connectivity index (χ4v) is 5.45. The van der Waals surface area contributed by atoms with Crippen LogP contribution < -0.4 is 14.5 Å². The molecule has 2 aromatic carbocycles. The van der Waals surface area contributed by atoms with E-state index in [4.69, 9.17) is 9.15 Å². The van der Waals surface area contributed by atoms with Crippen molar-refractivity contribution in [2.75, 3.05) is 31.2 Å². The van der Waals surface area contributed by atoms with Gasteiger partial charge >= 0.3 is 12.1 Å². The van der Waals surface area contributed by atoms with Gasteiger partial charge in [-0.2, -0.15) is 21.6 Å². The molecule has 0 radical (unpaired) electrons. The number of halogens is 3. The number of carbonyl (C=O) groups excluding carboxylic acids is 1. The average molecular weight is 542 g/mol. The maximum atomic E-state index is 13.8. The van der Waals surface area contributed by atoms with Crippen LogP contribution in [0.25, 0.3) is 11.0 Å². The van der Waals surface area contributed by atoms with Crippen molar-refractivity contribution < 1.29 is 40.4 Å². The lowest BCUT2D eigenvalue weighted by Crippen LogP contribution is -2.49. The highest BCUT2D eigenvalue weighted by Crippen LogP contribution is 2.36.